The van der Waals surface area contributed by atoms with Crippen LogP contribution in [0.2, 0.25) is 0 Å². The van der Waals surface area contributed by atoms with Gasteiger partial charge < -0.3 is 4.57 Å². The van der Waals surface area contributed by atoms with Gasteiger partial charge in [-0.15, -0.1) is 11.8 Å². The monoisotopic (exact) mass is 702 g/mol. The van der Waals surface area contributed by atoms with Gasteiger partial charge in [-0.1, -0.05) is 115 Å². The molecule has 1 fully saturated rings. The lowest BCUT2D eigenvalue weighted by atomic mass is 9.77. The van der Waals surface area contributed by atoms with Crippen LogP contribution in [0.5, 0.6) is 0 Å². The molecule has 6 heteroatoms. The first-order chi connectivity index (χ1) is 36.5. The molecule has 244 valence electrons. The fourth-order valence-electron chi connectivity index (χ4n) is 6.76. The fraction of sp³-hybridized carbons (Fsp3) is 0.133. The summed E-state index contributed by atoms with van der Waals surface area (Å²) in [5.74, 6) is -5.13. The molecule has 11 rings (SSSR count). The summed E-state index contributed by atoms with van der Waals surface area (Å²) in [6.45, 7) is 0. The Morgan fingerprint density at radius 3 is 1.98 bits per heavy atom. The predicted octanol–water partition coefficient (Wildman–Crippen LogP) is 11.3. The van der Waals surface area contributed by atoms with Gasteiger partial charge in [0.15, 0.2) is 5.82 Å². The van der Waals surface area contributed by atoms with Gasteiger partial charge >= 0.3 is 0 Å². The average molecular weight is 703 g/mol. The Hall–Kier alpha value is -5.72. The van der Waals surface area contributed by atoms with Crippen LogP contribution >= 0.6 is 11.8 Å². The highest BCUT2D eigenvalue weighted by Gasteiger charge is 2.39. The van der Waals surface area contributed by atoms with E-state index in [9.17, 15) is 15.1 Å². The summed E-state index contributed by atoms with van der Waals surface area (Å²) in [7, 11) is 0. The van der Waals surface area contributed by atoms with Crippen molar-refractivity contribution in [3.8, 4) is 23.0 Å². The largest absolute Gasteiger partial charge is 0.307 e. The normalized spacial score (nSPS) is 30.2. The van der Waals surface area contributed by atoms with Crippen molar-refractivity contribution in [1.82, 2.24) is 24.1 Å². The fourth-order valence-corrected chi connectivity index (χ4v) is 8.00. The Morgan fingerprint density at radius 1 is 0.588 bits per heavy atom. The number of benzene rings is 6. The molecule has 51 heavy (non-hydrogen) atoms. The molecular weight excluding hydrogens is 643 g/mol. The van der Waals surface area contributed by atoms with Gasteiger partial charge in [-0.05, 0) is 60.9 Å². The van der Waals surface area contributed by atoms with E-state index in [0.29, 0.717) is 0 Å². The van der Waals surface area contributed by atoms with E-state index >= 15 is 0 Å². The minimum absolute atomic E-state index is 0.0186. The number of thioether (sulfide) groups is 1. The molecule has 4 heterocycles. The number of aromatic nitrogens is 5. The molecule has 6 aromatic carbocycles. The molecule has 1 saturated carbocycles. The van der Waals surface area contributed by atoms with Crippen LogP contribution in [0.25, 0.3) is 66.6 Å². The molecule has 1 aliphatic carbocycles. The smallest absolute Gasteiger partial charge is 0.238 e. The van der Waals surface area contributed by atoms with Gasteiger partial charge in [0, 0.05) is 53.0 Å². The molecule has 5 nitrogen and oxygen atoms in total. The maximum absolute atomic E-state index is 9.89. The van der Waals surface area contributed by atoms with Gasteiger partial charge in [-0.3, -0.25) is 4.57 Å². The van der Waals surface area contributed by atoms with E-state index in [1.54, 1.807) is 0 Å². The van der Waals surface area contributed by atoms with Crippen LogP contribution in [0.3, 0.4) is 0 Å². The Bertz CT molecular complexity index is 4230. The lowest BCUT2D eigenvalue weighted by Gasteiger charge is -2.31. The van der Waals surface area contributed by atoms with Gasteiger partial charge in [0.05, 0.1) is 55.0 Å². The van der Waals surface area contributed by atoms with E-state index in [1.807, 2.05) is 0 Å². The number of para-hydroxylation sites is 3. The van der Waals surface area contributed by atoms with Crippen molar-refractivity contribution >= 4 is 55.4 Å². The highest BCUT2D eigenvalue weighted by atomic mass is 32.2. The first kappa shape index (κ1) is 13.1. The quantitative estimate of drug-likeness (QED) is 0.183. The lowest BCUT2D eigenvalue weighted by Crippen LogP contribution is -2.23. The summed E-state index contributed by atoms with van der Waals surface area (Å²) in [5, 5.41) is -3.12. The van der Waals surface area contributed by atoms with Crippen molar-refractivity contribution < 1.29 is 37.0 Å². The third kappa shape index (κ3) is 4.46. The molecule has 0 bridgehead atoms. The third-order valence-electron chi connectivity index (χ3n) is 8.86. The molecule has 0 radical (unpaired) electrons. The molecule has 9 aromatic rings. The van der Waals surface area contributed by atoms with Crippen LogP contribution in [-0.2, 0) is 0 Å². The number of fused-ring (bicyclic) bond motifs is 10. The predicted molar refractivity (Wildman–Crippen MR) is 209 cm³/mol. The van der Waals surface area contributed by atoms with Crippen LogP contribution < -0.4 is 0 Å². The number of nitrogens with zero attached hydrogens (tertiary/aromatic N) is 5. The first-order valence-corrected chi connectivity index (χ1v) is 16.3. The summed E-state index contributed by atoms with van der Waals surface area (Å²) < 4.78 is 245. The van der Waals surface area contributed by atoms with Crippen LogP contribution in [0.15, 0.2) is 150 Å². The number of hydrogen-bond acceptors (Lipinski definition) is 4. The maximum atomic E-state index is 9.89. The Labute approximate surface area is 337 Å². The topological polar surface area (TPSA) is 48.5 Å². The van der Waals surface area contributed by atoms with Crippen LogP contribution in [0, 0.1) is 0 Å². The molecule has 0 amide bonds. The maximum Gasteiger partial charge on any atom is 0.238 e. The second kappa shape index (κ2) is 11.4. The second-order valence-electron chi connectivity index (χ2n) is 11.6. The van der Waals surface area contributed by atoms with Crippen LogP contribution in [-0.4, -0.2) is 29.3 Å². The van der Waals surface area contributed by atoms with Crippen LogP contribution in [0.4, 0.5) is 0 Å². The van der Waals surface area contributed by atoms with E-state index in [4.69, 9.17) is 26.9 Å². The van der Waals surface area contributed by atoms with Crippen molar-refractivity contribution in [3.63, 3.8) is 0 Å². The standard InChI is InChI=1S/C45H33N5S/c1-3-13-28(14-4-1)43-46-44(29-23-26-40-36(27-29)33-19-9-12-22-39(33)51-40)48-45(47-43)50-38-21-11-8-18-32(38)35-25-24-34-31-17-7-10-20-37(31)49(41(34)42(35)50)30-15-5-2-6-16-30/h1-22,24-25,29,36,40H,23,26-27H2/i1D,2D,3D,4D,5D,6D,7D,8D,9D,10D,11D,12D,13D,14D,15D,16D,17D,18D,19D,20D,21D,22D,23D,24D,25D,26D,27D. The Kier molecular flexibility index (Phi) is 2.93. The highest BCUT2D eigenvalue weighted by Crippen LogP contribution is 2.54. The second-order valence-corrected chi connectivity index (χ2v) is 12.7. The zero-order chi connectivity index (χ0) is 57.0. The highest BCUT2D eigenvalue weighted by molar-refractivity contribution is 8.00. The zero-order valence-corrected chi connectivity index (χ0v) is 26.4. The van der Waals surface area contributed by atoms with Crippen molar-refractivity contribution in [3.05, 3.63) is 156 Å². The van der Waals surface area contributed by atoms with Gasteiger partial charge in [0.1, 0.15) is 5.82 Å². The zero-order valence-electron chi connectivity index (χ0n) is 52.6. The number of hydrogen-bond donors (Lipinski definition) is 0. The van der Waals surface area contributed by atoms with E-state index in [0.717, 1.165) is 20.9 Å². The van der Waals surface area contributed by atoms with Crippen molar-refractivity contribution in [2.45, 2.75) is 41.2 Å². The SMILES string of the molecule is [2H]c1c([2H])c([2H])c(-c2nc(C3C([2H])C([2H])C4Sc5c([2H])c([2H])c([2H])c([2H])c5C4C3[2H])nc(-n3c4c([2H])c([2H])c([2H])c([2H])c4c4c([2H])c([2H])c5c6c([2H])c([2H])c([2H])c([2H])c6n(-c6c([2H])c([2H])c([2H])c([2H])c6[2H])c5c43)n2)c([2H])c1[2H]. The Balaban J connectivity index is 1.39. The van der Waals surface area contributed by atoms with Gasteiger partial charge in [-0.2, -0.15) is 9.97 Å². The van der Waals surface area contributed by atoms with E-state index < -0.39 is 254 Å². The van der Waals surface area contributed by atoms with Gasteiger partial charge in [0.2, 0.25) is 5.95 Å². The summed E-state index contributed by atoms with van der Waals surface area (Å²) >= 11 is 0.905. The van der Waals surface area contributed by atoms with E-state index in [1.165, 1.54) is 0 Å². The minimum atomic E-state index is -1.71. The molecule has 3 aromatic heterocycles. The summed E-state index contributed by atoms with van der Waals surface area (Å²) in [6.07, 6.45) is -4.89. The molecule has 0 spiro atoms. The summed E-state index contributed by atoms with van der Waals surface area (Å²) in [5.41, 5.74) is -3.83. The molecule has 6 atom stereocenters. The minimum Gasteiger partial charge on any atom is -0.307 e. The van der Waals surface area contributed by atoms with Crippen molar-refractivity contribution in [2.24, 2.45) is 0 Å². The van der Waals surface area contributed by atoms with Crippen LogP contribution in [0.1, 0.15) is 79.4 Å². The summed E-state index contributed by atoms with van der Waals surface area (Å²) in [6, 6.07) is -19.8. The van der Waals surface area contributed by atoms with Crippen molar-refractivity contribution in [2.75, 3.05) is 0 Å². The molecule has 1 aliphatic heterocycles. The van der Waals surface area contributed by atoms with E-state index in [2.05, 4.69) is 9.97 Å². The third-order valence-corrected chi connectivity index (χ3v) is 10.1. The first-order valence-electron chi connectivity index (χ1n) is 29.2. The lowest BCUT2D eigenvalue weighted by molar-refractivity contribution is 0.395. The van der Waals surface area contributed by atoms with Gasteiger partial charge in [0.25, 0.3) is 0 Å². The molecule has 0 saturated heterocycles. The Morgan fingerprint density at radius 2 is 1.22 bits per heavy atom. The van der Waals surface area contributed by atoms with Gasteiger partial charge in [-0.25, -0.2) is 4.98 Å². The van der Waals surface area contributed by atoms with E-state index in [-0.39, 0.29) is 10.5 Å². The molecule has 6 unspecified atom stereocenters. The molecule has 2 aliphatic rings. The number of rotatable bonds is 4. The van der Waals surface area contributed by atoms with Crippen molar-refractivity contribution in [1.29, 1.82) is 0 Å². The molecule has 0 N–H and O–H groups in total. The molecular formula is C45H33N5S. The summed E-state index contributed by atoms with van der Waals surface area (Å²) in [4.78, 5) is 14.0. The average Bonchev–Trinajstić information content (AvgIpc) is 4.17.